The van der Waals surface area contributed by atoms with Gasteiger partial charge in [-0.1, -0.05) is 109 Å². The average molecular weight is 667 g/mol. The van der Waals surface area contributed by atoms with Crippen LogP contribution in [0.5, 0.6) is 0 Å². The molecule has 3 aromatic heterocycles. The maximum absolute atomic E-state index is 2.45. The molecule has 0 spiro atoms. The Morgan fingerprint density at radius 1 is 0.314 bits per heavy atom. The predicted molar refractivity (Wildman–Crippen MR) is 219 cm³/mol. The van der Waals surface area contributed by atoms with Crippen LogP contribution in [0.1, 0.15) is 0 Å². The van der Waals surface area contributed by atoms with Crippen LogP contribution in [0.15, 0.2) is 182 Å². The molecular weight excluding hydrogens is 637 g/mol. The van der Waals surface area contributed by atoms with Crippen molar-refractivity contribution in [2.45, 2.75) is 0 Å². The van der Waals surface area contributed by atoms with Crippen molar-refractivity contribution < 1.29 is 0 Å². The van der Waals surface area contributed by atoms with E-state index in [9.17, 15) is 0 Å². The normalized spacial score (nSPS) is 11.9. The van der Waals surface area contributed by atoms with Crippen LogP contribution in [-0.4, -0.2) is 9.13 Å². The van der Waals surface area contributed by atoms with Crippen molar-refractivity contribution in [3.63, 3.8) is 0 Å². The van der Waals surface area contributed by atoms with Gasteiger partial charge in [-0.05, 0) is 89.5 Å². The van der Waals surface area contributed by atoms with E-state index >= 15 is 0 Å². The van der Waals surface area contributed by atoms with E-state index in [1.807, 2.05) is 11.3 Å². The molecule has 0 amide bonds. The second kappa shape index (κ2) is 11.0. The molecule has 11 rings (SSSR count). The summed E-state index contributed by atoms with van der Waals surface area (Å²) in [4.78, 5) is 0. The largest absolute Gasteiger partial charge is 0.309 e. The lowest BCUT2D eigenvalue weighted by Crippen LogP contribution is -1.97. The highest BCUT2D eigenvalue weighted by atomic mass is 32.1. The molecule has 0 N–H and O–H groups in total. The Balaban J connectivity index is 1.09. The third-order valence-corrected chi connectivity index (χ3v) is 11.7. The van der Waals surface area contributed by atoms with Gasteiger partial charge in [-0.2, -0.15) is 0 Å². The predicted octanol–water partition coefficient (Wildman–Crippen LogP) is 13.6. The molecule has 3 heterocycles. The van der Waals surface area contributed by atoms with E-state index in [-0.39, 0.29) is 0 Å². The lowest BCUT2D eigenvalue weighted by atomic mass is 10.00. The summed E-state index contributed by atoms with van der Waals surface area (Å²) in [5.41, 5.74) is 12.1. The van der Waals surface area contributed by atoms with E-state index in [0.29, 0.717) is 0 Å². The number of aromatic nitrogens is 2. The molecule has 0 saturated heterocycles. The van der Waals surface area contributed by atoms with Crippen LogP contribution in [0.2, 0.25) is 0 Å². The average Bonchev–Trinajstić information content (AvgIpc) is 3.85. The summed E-state index contributed by atoms with van der Waals surface area (Å²) in [7, 11) is 0. The summed E-state index contributed by atoms with van der Waals surface area (Å²) >= 11 is 1.87. The van der Waals surface area contributed by atoms with Gasteiger partial charge in [-0.3, -0.25) is 0 Å². The van der Waals surface area contributed by atoms with Crippen molar-refractivity contribution in [3.05, 3.63) is 182 Å². The van der Waals surface area contributed by atoms with Crippen LogP contribution >= 0.6 is 11.3 Å². The van der Waals surface area contributed by atoms with Crippen LogP contribution in [0.3, 0.4) is 0 Å². The smallest absolute Gasteiger partial charge is 0.0541 e. The number of benzene rings is 8. The molecule has 11 aromatic rings. The Morgan fingerprint density at radius 3 is 1.57 bits per heavy atom. The molecule has 8 aromatic carbocycles. The van der Waals surface area contributed by atoms with Crippen LogP contribution in [0.25, 0.3) is 97.4 Å². The molecule has 0 bridgehead atoms. The van der Waals surface area contributed by atoms with Gasteiger partial charge in [0.05, 0.1) is 27.8 Å². The highest BCUT2D eigenvalue weighted by molar-refractivity contribution is 7.25. The summed E-state index contributed by atoms with van der Waals surface area (Å²) in [5, 5.41) is 7.68. The van der Waals surface area contributed by atoms with E-state index < -0.39 is 0 Å². The zero-order chi connectivity index (χ0) is 33.5. The topological polar surface area (TPSA) is 9.86 Å². The highest BCUT2D eigenvalue weighted by Crippen LogP contribution is 2.41. The molecule has 2 nitrogen and oxygen atoms in total. The molecule has 0 aliphatic carbocycles. The molecule has 51 heavy (non-hydrogen) atoms. The molecule has 0 aliphatic rings. The second-order valence-electron chi connectivity index (χ2n) is 13.3. The first-order valence-corrected chi connectivity index (χ1v) is 18.3. The molecule has 0 aliphatic heterocycles. The van der Waals surface area contributed by atoms with Crippen LogP contribution in [0, 0.1) is 0 Å². The number of hydrogen-bond donors (Lipinski definition) is 0. The zero-order valence-electron chi connectivity index (χ0n) is 27.6. The number of rotatable bonds is 4. The minimum atomic E-state index is 1.18. The SMILES string of the molecule is c1ccc(-n2c3ccccc3c3cc(-c4ccc5c(c4)c4ccccc4n5-c4ccccc4-c4ccc5sc6ccccc6c5c4)ccc32)cc1. The summed E-state index contributed by atoms with van der Waals surface area (Å²) in [6.07, 6.45) is 0. The van der Waals surface area contributed by atoms with E-state index in [0.717, 1.165) is 0 Å². The Hall–Kier alpha value is -6.42. The van der Waals surface area contributed by atoms with Gasteiger partial charge in [-0.15, -0.1) is 11.3 Å². The third kappa shape index (κ3) is 4.29. The van der Waals surface area contributed by atoms with Crippen LogP contribution < -0.4 is 0 Å². The van der Waals surface area contributed by atoms with Gasteiger partial charge >= 0.3 is 0 Å². The lowest BCUT2D eigenvalue weighted by molar-refractivity contribution is 1.18. The maximum Gasteiger partial charge on any atom is 0.0541 e. The molecule has 3 heteroatoms. The van der Waals surface area contributed by atoms with Crippen molar-refractivity contribution in [1.29, 1.82) is 0 Å². The van der Waals surface area contributed by atoms with Gasteiger partial charge in [0.15, 0.2) is 0 Å². The van der Waals surface area contributed by atoms with Crippen LogP contribution in [0.4, 0.5) is 0 Å². The monoisotopic (exact) mass is 666 g/mol. The van der Waals surface area contributed by atoms with E-state index in [1.165, 1.54) is 97.4 Å². The molecule has 0 radical (unpaired) electrons. The Kier molecular flexibility index (Phi) is 6.16. The van der Waals surface area contributed by atoms with Gasteiger partial charge in [0, 0.05) is 53.0 Å². The minimum Gasteiger partial charge on any atom is -0.309 e. The number of para-hydroxylation sites is 4. The highest BCUT2D eigenvalue weighted by Gasteiger charge is 2.18. The first-order valence-electron chi connectivity index (χ1n) is 17.4. The summed E-state index contributed by atoms with van der Waals surface area (Å²) in [5.74, 6) is 0. The molecule has 0 saturated carbocycles. The second-order valence-corrected chi connectivity index (χ2v) is 14.4. The van der Waals surface area contributed by atoms with E-state index in [2.05, 4.69) is 191 Å². The Labute approximate surface area is 298 Å². The third-order valence-electron chi connectivity index (χ3n) is 10.5. The fourth-order valence-corrected chi connectivity index (χ4v) is 9.31. The van der Waals surface area contributed by atoms with Gasteiger partial charge in [0.2, 0.25) is 0 Å². The Bertz CT molecular complexity index is 3140. The number of fused-ring (bicyclic) bond motifs is 9. The van der Waals surface area contributed by atoms with E-state index in [1.54, 1.807) is 0 Å². The maximum atomic E-state index is 2.45. The Morgan fingerprint density at radius 2 is 0.824 bits per heavy atom. The fourth-order valence-electron chi connectivity index (χ4n) is 8.23. The minimum absolute atomic E-state index is 1.18. The van der Waals surface area contributed by atoms with Gasteiger partial charge < -0.3 is 9.13 Å². The molecule has 238 valence electrons. The molecule has 0 fully saturated rings. The zero-order valence-corrected chi connectivity index (χ0v) is 28.4. The molecule has 0 unspecified atom stereocenters. The summed E-state index contributed by atoms with van der Waals surface area (Å²) < 4.78 is 7.49. The van der Waals surface area contributed by atoms with Crippen molar-refractivity contribution in [2.75, 3.05) is 0 Å². The lowest BCUT2D eigenvalue weighted by Gasteiger charge is -2.14. The van der Waals surface area contributed by atoms with Crippen molar-refractivity contribution in [3.8, 4) is 33.6 Å². The first kappa shape index (κ1) is 28.4. The van der Waals surface area contributed by atoms with Gasteiger partial charge in [0.1, 0.15) is 0 Å². The first-order chi connectivity index (χ1) is 25.3. The molecular formula is C48H30N2S. The summed E-state index contributed by atoms with van der Waals surface area (Å²) in [6, 6.07) is 66.7. The number of nitrogens with zero attached hydrogens (tertiary/aromatic N) is 2. The standard InChI is InChI=1S/C48H30N2S/c1-2-12-34(13-3-1)49-43-19-9-5-15-36(43)39-28-31(22-25-45(39)49)32-23-26-46-40(29-32)37-16-6-10-20-44(37)50(46)42-18-8-4-14-35(42)33-24-27-48-41(30-33)38-17-7-11-21-47(38)51-48/h1-30H. The quantitative estimate of drug-likeness (QED) is 0.177. The van der Waals surface area contributed by atoms with Gasteiger partial charge in [0.25, 0.3) is 0 Å². The fraction of sp³-hybridized carbons (Fsp3) is 0. The number of hydrogen-bond acceptors (Lipinski definition) is 1. The molecule has 0 atom stereocenters. The van der Waals surface area contributed by atoms with E-state index in [4.69, 9.17) is 0 Å². The van der Waals surface area contributed by atoms with Crippen LogP contribution in [-0.2, 0) is 0 Å². The van der Waals surface area contributed by atoms with Crippen molar-refractivity contribution in [2.24, 2.45) is 0 Å². The van der Waals surface area contributed by atoms with Gasteiger partial charge in [-0.25, -0.2) is 0 Å². The number of thiophene rings is 1. The summed E-state index contributed by atoms with van der Waals surface area (Å²) in [6.45, 7) is 0. The van der Waals surface area contributed by atoms with Crippen molar-refractivity contribution >= 4 is 75.1 Å². The van der Waals surface area contributed by atoms with Crippen molar-refractivity contribution in [1.82, 2.24) is 9.13 Å².